The number of benzene rings is 1. The van der Waals surface area contributed by atoms with Crippen LogP contribution in [0.15, 0.2) is 21.6 Å². The number of hydrogen-bond donors (Lipinski definition) is 2. The number of guanidine groups is 1. The lowest BCUT2D eigenvalue weighted by Gasteiger charge is -2.18. The van der Waals surface area contributed by atoms with Crippen LogP contribution in [0.5, 0.6) is 0 Å². The summed E-state index contributed by atoms with van der Waals surface area (Å²) in [4.78, 5) is 4.41. The zero-order valence-electron chi connectivity index (χ0n) is 10.3. The highest BCUT2D eigenvalue weighted by Gasteiger charge is 2.07. The fraction of sp³-hybridized carbons (Fsp3) is 0.462. The van der Waals surface area contributed by atoms with Gasteiger partial charge in [0, 0.05) is 24.1 Å². The second-order valence-corrected chi connectivity index (χ2v) is 5.30. The van der Waals surface area contributed by atoms with Crippen molar-refractivity contribution in [1.29, 1.82) is 0 Å². The molecule has 92 valence electrons. The molecule has 0 aromatic heterocycles. The Morgan fingerprint density at radius 3 is 2.65 bits per heavy atom. The van der Waals surface area contributed by atoms with E-state index in [0.29, 0.717) is 0 Å². The first-order valence-electron chi connectivity index (χ1n) is 5.94. The van der Waals surface area contributed by atoms with Gasteiger partial charge in [-0.15, -0.1) is 0 Å². The SMILES string of the molecule is Cc1cc(Br)cc(C)c1CNC1=NCCCN1. The summed E-state index contributed by atoms with van der Waals surface area (Å²) >= 11 is 3.52. The first-order chi connectivity index (χ1) is 8.16. The van der Waals surface area contributed by atoms with E-state index in [4.69, 9.17) is 0 Å². The van der Waals surface area contributed by atoms with Crippen LogP contribution in [0.2, 0.25) is 0 Å². The molecule has 1 aromatic carbocycles. The zero-order chi connectivity index (χ0) is 12.3. The third-order valence-corrected chi connectivity index (χ3v) is 3.45. The third-order valence-electron chi connectivity index (χ3n) is 2.99. The minimum Gasteiger partial charge on any atom is -0.356 e. The van der Waals surface area contributed by atoms with Crippen molar-refractivity contribution in [3.63, 3.8) is 0 Å². The molecule has 2 rings (SSSR count). The normalized spacial score (nSPS) is 15.1. The Labute approximate surface area is 111 Å². The summed E-state index contributed by atoms with van der Waals surface area (Å²) in [5, 5.41) is 6.63. The topological polar surface area (TPSA) is 36.4 Å². The second kappa shape index (κ2) is 5.54. The van der Waals surface area contributed by atoms with Crippen molar-refractivity contribution in [2.24, 2.45) is 4.99 Å². The summed E-state index contributed by atoms with van der Waals surface area (Å²) < 4.78 is 1.14. The molecular weight excluding hydrogens is 278 g/mol. The highest BCUT2D eigenvalue weighted by molar-refractivity contribution is 9.10. The Kier molecular flexibility index (Phi) is 4.05. The van der Waals surface area contributed by atoms with Gasteiger partial charge in [0.15, 0.2) is 5.96 Å². The van der Waals surface area contributed by atoms with Crippen LogP contribution in [-0.2, 0) is 6.54 Å². The Balaban J connectivity index is 2.06. The van der Waals surface area contributed by atoms with E-state index in [9.17, 15) is 0 Å². The summed E-state index contributed by atoms with van der Waals surface area (Å²) in [6.45, 7) is 7.06. The molecule has 1 aliphatic rings. The maximum atomic E-state index is 4.41. The van der Waals surface area contributed by atoms with E-state index < -0.39 is 0 Å². The van der Waals surface area contributed by atoms with Crippen LogP contribution < -0.4 is 10.6 Å². The van der Waals surface area contributed by atoms with E-state index >= 15 is 0 Å². The quantitative estimate of drug-likeness (QED) is 0.880. The number of aryl methyl sites for hydroxylation is 2. The number of aliphatic imine (C=N–C) groups is 1. The summed E-state index contributed by atoms with van der Waals surface area (Å²) in [5.41, 5.74) is 3.96. The predicted octanol–water partition coefficient (Wildman–Crippen LogP) is 2.50. The van der Waals surface area contributed by atoms with Gasteiger partial charge < -0.3 is 10.6 Å². The fourth-order valence-corrected chi connectivity index (χ4v) is 2.73. The van der Waals surface area contributed by atoms with Crippen LogP contribution >= 0.6 is 15.9 Å². The van der Waals surface area contributed by atoms with Crippen LogP contribution in [0.3, 0.4) is 0 Å². The van der Waals surface area contributed by atoms with Crippen LogP contribution in [0.25, 0.3) is 0 Å². The van der Waals surface area contributed by atoms with Crippen molar-refractivity contribution < 1.29 is 0 Å². The van der Waals surface area contributed by atoms with Gasteiger partial charge in [-0.2, -0.15) is 0 Å². The van der Waals surface area contributed by atoms with Crippen molar-refractivity contribution in [2.75, 3.05) is 13.1 Å². The molecule has 0 atom stereocenters. The lowest BCUT2D eigenvalue weighted by atomic mass is 10.0. The maximum absolute atomic E-state index is 4.41. The van der Waals surface area contributed by atoms with Gasteiger partial charge in [-0.1, -0.05) is 15.9 Å². The molecule has 1 aliphatic heterocycles. The standard InChI is InChI=1S/C13H18BrN3/c1-9-6-11(14)7-10(2)12(9)8-17-13-15-4-3-5-16-13/h6-7H,3-5,8H2,1-2H3,(H2,15,16,17). The Hall–Kier alpha value is -1.03. The van der Waals surface area contributed by atoms with E-state index in [1.54, 1.807) is 0 Å². The van der Waals surface area contributed by atoms with E-state index in [-0.39, 0.29) is 0 Å². The van der Waals surface area contributed by atoms with Crippen molar-refractivity contribution in [2.45, 2.75) is 26.8 Å². The number of hydrogen-bond acceptors (Lipinski definition) is 3. The van der Waals surface area contributed by atoms with E-state index in [2.05, 4.69) is 57.5 Å². The molecule has 4 heteroatoms. The Morgan fingerprint density at radius 2 is 2.06 bits per heavy atom. The first-order valence-corrected chi connectivity index (χ1v) is 6.74. The van der Waals surface area contributed by atoms with Gasteiger partial charge in [-0.25, -0.2) is 0 Å². The van der Waals surface area contributed by atoms with Gasteiger partial charge in [0.1, 0.15) is 0 Å². The molecule has 0 saturated carbocycles. The van der Waals surface area contributed by atoms with Crippen molar-refractivity contribution >= 4 is 21.9 Å². The van der Waals surface area contributed by atoms with Crippen molar-refractivity contribution in [3.8, 4) is 0 Å². The Bertz CT molecular complexity index is 417. The third kappa shape index (κ3) is 3.22. The average Bonchev–Trinajstić information content (AvgIpc) is 2.29. The Morgan fingerprint density at radius 1 is 1.35 bits per heavy atom. The molecule has 1 aromatic rings. The number of nitrogens with zero attached hydrogens (tertiary/aromatic N) is 1. The highest BCUT2D eigenvalue weighted by atomic mass is 79.9. The van der Waals surface area contributed by atoms with Gasteiger partial charge >= 0.3 is 0 Å². The molecule has 0 fully saturated rings. The van der Waals surface area contributed by atoms with Gasteiger partial charge in [-0.3, -0.25) is 4.99 Å². The monoisotopic (exact) mass is 295 g/mol. The lowest BCUT2D eigenvalue weighted by molar-refractivity contribution is 0.700. The van der Waals surface area contributed by atoms with Crippen LogP contribution in [-0.4, -0.2) is 19.0 Å². The molecule has 17 heavy (non-hydrogen) atoms. The van der Waals surface area contributed by atoms with E-state index in [1.165, 1.54) is 16.7 Å². The molecule has 0 saturated heterocycles. The van der Waals surface area contributed by atoms with Crippen molar-refractivity contribution in [1.82, 2.24) is 10.6 Å². The highest BCUT2D eigenvalue weighted by Crippen LogP contribution is 2.20. The van der Waals surface area contributed by atoms with Gasteiger partial charge in [0.25, 0.3) is 0 Å². The van der Waals surface area contributed by atoms with Crippen LogP contribution in [0.1, 0.15) is 23.1 Å². The van der Waals surface area contributed by atoms with Crippen LogP contribution in [0, 0.1) is 13.8 Å². The zero-order valence-corrected chi connectivity index (χ0v) is 11.9. The minimum atomic E-state index is 0.830. The smallest absolute Gasteiger partial charge is 0.191 e. The first kappa shape index (κ1) is 12.4. The molecule has 3 nitrogen and oxygen atoms in total. The number of rotatable bonds is 2. The minimum absolute atomic E-state index is 0.830. The fourth-order valence-electron chi connectivity index (χ4n) is 2.04. The molecule has 0 aliphatic carbocycles. The largest absolute Gasteiger partial charge is 0.356 e. The molecule has 0 radical (unpaired) electrons. The second-order valence-electron chi connectivity index (χ2n) is 4.38. The van der Waals surface area contributed by atoms with Gasteiger partial charge in [0.2, 0.25) is 0 Å². The molecule has 0 amide bonds. The predicted molar refractivity (Wildman–Crippen MR) is 75.4 cm³/mol. The van der Waals surface area contributed by atoms with E-state index in [1.807, 2.05) is 0 Å². The average molecular weight is 296 g/mol. The molecule has 0 unspecified atom stereocenters. The van der Waals surface area contributed by atoms with Crippen molar-refractivity contribution in [3.05, 3.63) is 33.3 Å². The molecule has 2 N–H and O–H groups in total. The summed E-state index contributed by atoms with van der Waals surface area (Å²) in [5.74, 6) is 0.929. The lowest BCUT2D eigenvalue weighted by Crippen LogP contribution is -2.40. The summed E-state index contributed by atoms with van der Waals surface area (Å²) in [7, 11) is 0. The molecular formula is C13H18BrN3. The number of halogens is 1. The van der Waals surface area contributed by atoms with Gasteiger partial charge in [0.05, 0.1) is 0 Å². The summed E-state index contributed by atoms with van der Waals surface area (Å²) in [6.07, 6.45) is 1.13. The molecule has 0 spiro atoms. The maximum Gasteiger partial charge on any atom is 0.191 e. The number of nitrogens with one attached hydrogen (secondary N) is 2. The molecule has 0 bridgehead atoms. The van der Waals surface area contributed by atoms with Gasteiger partial charge in [-0.05, 0) is 49.1 Å². The van der Waals surface area contributed by atoms with Crippen LogP contribution in [0.4, 0.5) is 0 Å². The summed E-state index contributed by atoms with van der Waals surface area (Å²) in [6, 6.07) is 4.31. The van der Waals surface area contributed by atoms with E-state index in [0.717, 1.165) is 36.5 Å². The molecule has 1 heterocycles.